The Bertz CT molecular complexity index is 588. The lowest BCUT2D eigenvalue weighted by atomic mass is 10.2. The summed E-state index contributed by atoms with van der Waals surface area (Å²) >= 11 is 5.86. The number of primary sulfonamides is 1. The van der Waals surface area contributed by atoms with Gasteiger partial charge < -0.3 is 9.47 Å². The van der Waals surface area contributed by atoms with Gasteiger partial charge in [0, 0.05) is 6.61 Å². The van der Waals surface area contributed by atoms with Gasteiger partial charge in [-0.15, -0.1) is 0 Å². The molecule has 0 aliphatic heterocycles. The topological polar surface area (TPSA) is 95.7 Å². The van der Waals surface area contributed by atoms with Crippen molar-refractivity contribution < 1.29 is 22.7 Å². The van der Waals surface area contributed by atoms with Crippen molar-refractivity contribution >= 4 is 27.6 Å². The normalized spacial score (nSPS) is 13.0. The number of carbonyl (C=O) groups excluding carboxylic acids is 1. The lowest BCUT2D eigenvalue weighted by molar-refractivity contribution is 0.00439. The van der Waals surface area contributed by atoms with Crippen LogP contribution in [0.5, 0.6) is 0 Å². The molecule has 0 saturated heterocycles. The number of sulfonamides is 1. The number of nitrogens with two attached hydrogens (primary N) is 1. The van der Waals surface area contributed by atoms with Crippen molar-refractivity contribution in [3.63, 3.8) is 0 Å². The molecular formula is C12H16ClNO5S. The van der Waals surface area contributed by atoms with Crippen LogP contribution in [0.15, 0.2) is 23.1 Å². The van der Waals surface area contributed by atoms with Gasteiger partial charge in [-0.25, -0.2) is 18.4 Å². The van der Waals surface area contributed by atoms with Gasteiger partial charge in [-0.2, -0.15) is 0 Å². The third kappa shape index (κ3) is 4.75. The van der Waals surface area contributed by atoms with E-state index in [0.29, 0.717) is 6.61 Å². The minimum atomic E-state index is -3.91. The number of hydrogen-bond donors (Lipinski definition) is 1. The number of carbonyl (C=O) groups is 1. The number of halogens is 1. The minimum Gasteiger partial charge on any atom is -0.457 e. The van der Waals surface area contributed by atoms with Crippen molar-refractivity contribution in [1.82, 2.24) is 0 Å². The summed E-state index contributed by atoms with van der Waals surface area (Å²) in [4.78, 5) is 11.7. The average molecular weight is 322 g/mol. The zero-order valence-corrected chi connectivity index (χ0v) is 12.7. The molecular weight excluding hydrogens is 306 g/mol. The maximum absolute atomic E-state index is 11.9. The fraction of sp³-hybridized carbons (Fsp3) is 0.417. The Hall–Kier alpha value is -1.15. The predicted octanol–water partition coefficient (Wildman–Crippen LogP) is 1.57. The Morgan fingerprint density at radius 2 is 2.10 bits per heavy atom. The highest BCUT2D eigenvalue weighted by atomic mass is 35.5. The maximum Gasteiger partial charge on any atom is 0.340 e. The molecule has 6 nitrogen and oxygen atoms in total. The van der Waals surface area contributed by atoms with E-state index in [1.165, 1.54) is 12.1 Å². The average Bonchev–Trinajstić information content (AvgIpc) is 2.35. The maximum atomic E-state index is 11.9. The summed E-state index contributed by atoms with van der Waals surface area (Å²) < 4.78 is 32.7. The molecule has 20 heavy (non-hydrogen) atoms. The molecule has 112 valence electrons. The minimum absolute atomic E-state index is 0.0541. The van der Waals surface area contributed by atoms with Crippen molar-refractivity contribution in [2.75, 3.05) is 13.2 Å². The van der Waals surface area contributed by atoms with Gasteiger partial charge in [0.05, 0.1) is 22.1 Å². The number of esters is 1. The van der Waals surface area contributed by atoms with Crippen molar-refractivity contribution in [3.8, 4) is 0 Å². The molecule has 1 rings (SSSR count). The van der Waals surface area contributed by atoms with Gasteiger partial charge in [-0.3, -0.25) is 0 Å². The number of benzene rings is 1. The van der Waals surface area contributed by atoms with Gasteiger partial charge in [0.25, 0.3) is 0 Å². The fourth-order valence-corrected chi connectivity index (χ4v) is 2.14. The highest BCUT2D eigenvalue weighted by Gasteiger charge is 2.18. The van der Waals surface area contributed by atoms with Crippen molar-refractivity contribution in [1.29, 1.82) is 0 Å². The Morgan fingerprint density at radius 3 is 2.65 bits per heavy atom. The van der Waals surface area contributed by atoms with Crippen LogP contribution in [-0.4, -0.2) is 33.7 Å². The van der Waals surface area contributed by atoms with Gasteiger partial charge >= 0.3 is 5.97 Å². The molecule has 0 heterocycles. The van der Waals surface area contributed by atoms with Crippen LogP contribution in [0.1, 0.15) is 24.2 Å². The highest BCUT2D eigenvalue weighted by Crippen LogP contribution is 2.21. The van der Waals surface area contributed by atoms with Gasteiger partial charge in [-0.1, -0.05) is 11.6 Å². The van der Waals surface area contributed by atoms with Gasteiger partial charge in [-0.05, 0) is 32.0 Å². The number of ether oxygens (including phenoxy) is 2. The molecule has 1 atom stereocenters. The van der Waals surface area contributed by atoms with Gasteiger partial charge in [0.1, 0.15) is 6.10 Å². The molecule has 1 aromatic rings. The van der Waals surface area contributed by atoms with Crippen LogP contribution >= 0.6 is 11.6 Å². The number of hydrogen-bond acceptors (Lipinski definition) is 5. The van der Waals surface area contributed by atoms with Crippen LogP contribution in [0.2, 0.25) is 5.02 Å². The lowest BCUT2D eigenvalue weighted by Gasteiger charge is -2.14. The van der Waals surface area contributed by atoms with Crippen molar-refractivity contribution in [3.05, 3.63) is 28.8 Å². The molecule has 0 aromatic heterocycles. The summed E-state index contributed by atoms with van der Waals surface area (Å²) in [5.41, 5.74) is -0.0541. The van der Waals surface area contributed by atoms with Gasteiger partial charge in [0.2, 0.25) is 10.0 Å². The third-order valence-corrected chi connectivity index (χ3v) is 3.59. The first-order valence-electron chi connectivity index (χ1n) is 5.86. The van der Waals surface area contributed by atoms with E-state index in [1.54, 1.807) is 6.92 Å². The molecule has 8 heteroatoms. The molecule has 1 aromatic carbocycles. The molecule has 2 N–H and O–H groups in total. The van der Waals surface area contributed by atoms with Crippen molar-refractivity contribution in [2.24, 2.45) is 5.14 Å². The molecule has 0 amide bonds. The van der Waals surface area contributed by atoms with E-state index < -0.39 is 22.1 Å². The van der Waals surface area contributed by atoms with Crippen LogP contribution in [-0.2, 0) is 19.5 Å². The largest absolute Gasteiger partial charge is 0.457 e. The van der Waals surface area contributed by atoms with E-state index in [9.17, 15) is 13.2 Å². The van der Waals surface area contributed by atoms with Crippen LogP contribution in [0.4, 0.5) is 0 Å². The summed E-state index contributed by atoms with van der Waals surface area (Å²) in [7, 11) is -3.91. The van der Waals surface area contributed by atoms with E-state index >= 15 is 0 Å². The molecule has 0 radical (unpaired) electrons. The number of rotatable bonds is 6. The Balaban J connectivity index is 2.93. The molecule has 0 fully saturated rings. The third-order valence-electron chi connectivity index (χ3n) is 2.35. The first-order chi connectivity index (χ1) is 9.25. The highest BCUT2D eigenvalue weighted by molar-refractivity contribution is 7.89. The lowest BCUT2D eigenvalue weighted by Crippen LogP contribution is -2.21. The SMILES string of the molecule is CCOCC(C)OC(=O)c1cc(S(N)(=O)=O)ccc1Cl. The predicted molar refractivity (Wildman–Crippen MR) is 74.2 cm³/mol. The van der Waals surface area contributed by atoms with E-state index in [0.717, 1.165) is 6.07 Å². The van der Waals surface area contributed by atoms with E-state index in [2.05, 4.69) is 0 Å². The molecule has 0 bridgehead atoms. The smallest absolute Gasteiger partial charge is 0.340 e. The molecule has 0 aliphatic rings. The quantitative estimate of drug-likeness (QED) is 0.802. The Morgan fingerprint density at radius 1 is 1.45 bits per heavy atom. The van der Waals surface area contributed by atoms with Gasteiger partial charge in [0.15, 0.2) is 0 Å². The first kappa shape index (κ1) is 16.9. The second-order valence-corrected chi connectivity index (χ2v) is 6.03. The van der Waals surface area contributed by atoms with Crippen LogP contribution < -0.4 is 5.14 Å². The van der Waals surface area contributed by atoms with E-state index in [4.69, 9.17) is 26.2 Å². The Kier molecular flexibility index (Phi) is 5.94. The zero-order chi connectivity index (χ0) is 15.3. The summed E-state index contributed by atoms with van der Waals surface area (Å²) in [6, 6.07) is 3.59. The van der Waals surface area contributed by atoms with E-state index in [1.807, 2.05) is 6.92 Å². The van der Waals surface area contributed by atoms with Crippen LogP contribution in [0.25, 0.3) is 0 Å². The Labute approximate surface area is 122 Å². The molecule has 0 spiro atoms. The first-order valence-corrected chi connectivity index (χ1v) is 7.79. The second kappa shape index (κ2) is 7.03. The standard InChI is InChI=1S/C12H16ClNO5S/c1-3-18-7-8(2)19-12(15)10-6-9(20(14,16)17)4-5-11(10)13/h4-6,8H,3,7H2,1-2H3,(H2,14,16,17). The van der Waals surface area contributed by atoms with Crippen LogP contribution in [0.3, 0.4) is 0 Å². The monoisotopic (exact) mass is 321 g/mol. The molecule has 1 unspecified atom stereocenters. The summed E-state index contributed by atoms with van der Waals surface area (Å²) in [6.45, 7) is 4.23. The van der Waals surface area contributed by atoms with Crippen LogP contribution in [0, 0.1) is 0 Å². The summed E-state index contributed by atoms with van der Waals surface area (Å²) in [5, 5.41) is 5.09. The molecule has 0 saturated carbocycles. The summed E-state index contributed by atoms with van der Waals surface area (Å²) in [6.07, 6.45) is -0.475. The van der Waals surface area contributed by atoms with E-state index in [-0.39, 0.29) is 22.1 Å². The second-order valence-electron chi connectivity index (χ2n) is 4.06. The summed E-state index contributed by atoms with van der Waals surface area (Å²) in [5.74, 6) is -0.729. The molecule has 0 aliphatic carbocycles. The van der Waals surface area contributed by atoms with Crippen molar-refractivity contribution in [2.45, 2.75) is 24.8 Å². The fourth-order valence-electron chi connectivity index (χ4n) is 1.40. The zero-order valence-electron chi connectivity index (χ0n) is 11.1.